The van der Waals surface area contributed by atoms with E-state index in [0.717, 1.165) is 34.0 Å². The zero-order valence-corrected chi connectivity index (χ0v) is 17.1. The number of rotatable bonds is 7. The predicted octanol–water partition coefficient (Wildman–Crippen LogP) is 5.53. The van der Waals surface area contributed by atoms with Gasteiger partial charge in [0.05, 0.1) is 16.4 Å². The van der Waals surface area contributed by atoms with Crippen molar-refractivity contribution in [1.29, 1.82) is 0 Å². The second-order valence-corrected chi connectivity index (χ2v) is 8.06. The minimum Gasteiger partial charge on any atom is -0.351 e. The average molecular weight is 420 g/mol. The quantitative estimate of drug-likeness (QED) is 0.494. The molecule has 1 aromatic heterocycles. The second kappa shape index (κ2) is 9.31. The molecule has 2 aromatic carbocycles. The van der Waals surface area contributed by atoms with Crippen LogP contribution in [0.1, 0.15) is 17.3 Å². The van der Waals surface area contributed by atoms with Crippen LogP contribution in [0.5, 0.6) is 0 Å². The van der Waals surface area contributed by atoms with Gasteiger partial charge in [-0.3, -0.25) is 9.89 Å². The fraction of sp³-hybridized carbons (Fsp3) is 0.200. The van der Waals surface area contributed by atoms with Crippen LogP contribution in [0.4, 0.5) is 0 Å². The maximum Gasteiger partial charge on any atom is 0.251 e. The lowest BCUT2D eigenvalue weighted by Gasteiger charge is -2.05. The molecule has 0 radical (unpaired) electrons. The number of hydrogen-bond acceptors (Lipinski definition) is 3. The van der Waals surface area contributed by atoms with Gasteiger partial charge in [0.1, 0.15) is 0 Å². The topological polar surface area (TPSA) is 57.8 Å². The van der Waals surface area contributed by atoms with Crippen LogP contribution in [-0.2, 0) is 0 Å². The van der Waals surface area contributed by atoms with Gasteiger partial charge in [-0.2, -0.15) is 16.9 Å². The fourth-order valence-electron chi connectivity index (χ4n) is 2.59. The molecule has 1 heterocycles. The van der Waals surface area contributed by atoms with E-state index >= 15 is 0 Å². The summed E-state index contributed by atoms with van der Waals surface area (Å²) in [6.07, 6.45) is 0. The smallest absolute Gasteiger partial charge is 0.251 e. The highest BCUT2D eigenvalue weighted by Gasteiger charge is 2.10. The van der Waals surface area contributed by atoms with E-state index in [4.69, 9.17) is 23.2 Å². The van der Waals surface area contributed by atoms with Crippen LogP contribution in [-0.4, -0.2) is 34.2 Å². The number of thioether (sulfide) groups is 1. The Kier molecular flexibility index (Phi) is 6.83. The first-order valence-electron chi connectivity index (χ1n) is 8.55. The maximum atomic E-state index is 12.1. The van der Waals surface area contributed by atoms with Crippen LogP contribution in [0.3, 0.4) is 0 Å². The number of halogens is 2. The number of carbonyl (C=O) groups is 1. The second-order valence-electron chi connectivity index (χ2n) is 5.82. The molecule has 4 nitrogen and oxygen atoms in total. The average Bonchev–Trinajstić information content (AvgIpc) is 3.15. The van der Waals surface area contributed by atoms with Crippen LogP contribution in [0.2, 0.25) is 10.0 Å². The van der Waals surface area contributed by atoms with Crippen molar-refractivity contribution >= 4 is 40.9 Å². The molecule has 0 bridgehead atoms. The van der Waals surface area contributed by atoms with Gasteiger partial charge in [-0.05, 0) is 42.2 Å². The summed E-state index contributed by atoms with van der Waals surface area (Å²) >= 11 is 14.0. The van der Waals surface area contributed by atoms with Crippen LogP contribution < -0.4 is 5.32 Å². The molecule has 2 N–H and O–H groups in total. The van der Waals surface area contributed by atoms with E-state index in [1.165, 1.54) is 0 Å². The predicted molar refractivity (Wildman–Crippen MR) is 115 cm³/mol. The summed E-state index contributed by atoms with van der Waals surface area (Å²) in [6.45, 7) is 2.77. The van der Waals surface area contributed by atoms with E-state index in [9.17, 15) is 4.79 Å². The molecule has 140 valence electrons. The zero-order valence-electron chi connectivity index (χ0n) is 14.8. The summed E-state index contributed by atoms with van der Waals surface area (Å²) in [5, 5.41) is 11.4. The van der Waals surface area contributed by atoms with Crippen LogP contribution >= 0.6 is 35.0 Å². The fourth-order valence-corrected chi connectivity index (χ4v) is 3.64. The van der Waals surface area contributed by atoms with Crippen molar-refractivity contribution < 1.29 is 4.79 Å². The van der Waals surface area contributed by atoms with Gasteiger partial charge in [0.2, 0.25) is 0 Å². The standard InChI is InChI=1S/C20H19Cl2N3OS/c1-2-27-10-9-23-20(26)14-5-3-13(4-6-14)18-12-19(25-24-18)16-8-7-15(21)11-17(16)22/h3-8,11-12H,2,9-10H2,1H3,(H,23,26)(H,24,25). The van der Waals surface area contributed by atoms with Crippen molar-refractivity contribution in [3.63, 3.8) is 0 Å². The van der Waals surface area contributed by atoms with Gasteiger partial charge in [0.25, 0.3) is 5.91 Å². The number of carbonyl (C=O) groups excluding carboxylic acids is 1. The normalized spacial score (nSPS) is 10.8. The summed E-state index contributed by atoms with van der Waals surface area (Å²) in [6, 6.07) is 14.7. The van der Waals surface area contributed by atoms with Crippen LogP contribution in [0, 0.1) is 0 Å². The number of H-pyrrole nitrogens is 1. The number of aromatic amines is 1. The van der Waals surface area contributed by atoms with Gasteiger partial charge < -0.3 is 5.32 Å². The number of aromatic nitrogens is 2. The summed E-state index contributed by atoms with van der Waals surface area (Å²) in [4.78, 5) is 12.1. The molecule has 3 aromatic rings. The van der Waals surface area contributed by atoms with Crippen molar-refractivity contribution in [3.8, 4) is 22.5 Å². The van der Waals surface area contributed by atoms with Gasteiger partial charge in [0.15, 0.2) is 0 Å². The molecular formula is C20H19Cl2N3OS. The van der Waals surface area contributed by atoms with Crippen LogP contribution in [0.15, 0.2) is 48.5 Å². The van der Waals surface area contributed by atoms with Gasteiger partial charge in [-0.1, -0.05) is 42.3 Å². The van der Waals surface area contributed by atoms with Gasteiger partial charge >= 0.3 is 0 Å². The molecule has 27 heavy (non-hydrogen) atoms. The highest BCUT2D eigenvalue weighted by molar-refractivity contribution is 7.99. The molecule has 0 spiro atoms. The summed E-state index contributed by atoms with van der Waals surface area (Å²) < 4.78 is 0. The SMILES string of the molecule is CCSCCNC(=O)c1ccc(-c2cc(-c3ccc(Cl)cc3Cl)[nH]n2)cc1. The summed E-state index contributed by atoms with van der Waals surface area (Å²) in [5.41, 5.74) is 3.97. The lowest BCUT2D eigenvalue weighted by molar-refractivity contribution is 0.0956. The number of amides is 1. The highest BCUT2D eigenvalue weighted by Crippen LogP contribution is 2.31. The molecule has 0 atom stereocenters. The molecule has 0 saturated carbocycles. The van der Waals surface area contributed by atoms with E-state index < -0.39 is 0 Å². The van der Waals surface area contributed by atoms with Crippen molar-refractivity contribution in [2.45, 2.75) is 6.92 Å². The summed E-state index contributed by atoms with van der Waals surface area (Å²) in [7, 11) is 0. The summed E-state index contributed by atoms with van der Waals surface area (Å²) in [5.74, 6) is 1.91. The van der Waals surface area contributed by atoms with E-state index in [-0.39, 0.29) is 5.91 Å². The molecule has 0 unspecified atom stereocenters. The molecule has 0 aliphatic heterocycles. The third kappa shape index (κ3) is 5.06. The molecule has 0 aliphatic carbocycles. The van der Waals surface area contributed by atoms with E-state index in [1.807, 2.05) is 24.3 Å². The van der Waals surface area contributed by atoms with Gasteiger partial charge in [-0.25, -0.2) is 0 Å². The first-order valence-corrected chi connectivity index (χ1v) is 10.5. The Morgan fingerprint density at radius 2 is 1.93 bits per heavy atom. The Bertz CT molecular complexity index is 925. The minimum absolute atomic E-state index is 0.0612. The lowest BCUT2D eigenvalue weighted by Crippen LogP contribution is -2.25. The lowest BCUT2D eigenvalue weighted by atomic mass is 10.1. The number of nitrogens with one attached hydrogen (secondary N) is 2. The molecule has 7 heteroatoms. The third-order valence-electron chi connectivity index (χ3n) is 3.98. The van der Waals surface area contributed by atoms with Crippen LogP contribution in [0.25, 0.3) is 22.5 Å². The van der Waals surface area contributed by atoms with E-state index in [2.05, 4.69) is 22.4 Å². The van der Waals surface area contributed by atoms with Crippen molar-refractivity contribution in [3.05, 3.63) is 64.1 Å². The molecular weight excluding hydrogens is 401 g/mol. The van der Waals surface area contributed by atoms with Crippen molar-refractivity contribution in [1.82, 2.24) is 15.5 Å². The number of hydrogen-bond donors (Lipinski definition) is 2. The highest BCUT2D eigenvalue weighted by atomic mass is 35.5. The Labute approximate surface area is 172 Å². The Balaban J connectivity index is 1.71. The third-order valence-corrected chi connectivity index (χ3v) is 5.43. The Hall–Kier alpha value is -1.95. The van der Waals surface area contributed by atoms with Crippen molar-refractivity contribution in [2.24, 2.45) is 0 Å². The molecule has 0 fully saturated rings. The largest absolute Gasteiger partial charge is 0.351 e. The molecule has 0 saturated heterocycles. The zero-order chi connectivity index (χ0) is 19.2. The minimum atomic E-state index is -0.0612. The first kappa shape index (κ1) is 19.8. The Morgan fingerprint density at radius 3 is 2.63 bits per heavy atom. The Morgan fingerprint density at radius 1 is 1.15 bits per heavy atom. The molecule has 1 amide bonds. The monoisotopic (exact) mass is 419 g/mol. The van der Waals surface area contributed by atoms with Gasteiger partial charge in [-0.15, -0.1) is 0 Å². The van der Waals surface area contributed by atoms with E-state index in [0.29, 0.717) is 22.2 Å². The van der Waals surface area contributed by atoms with Crippen molar-refractivity contribution in [2.75, 3.05) is 18.1 Å². The van der Waals surface area contributed by atoms with Gasteiger partial charge in [0, 0.05) is 34.0 Å². The number of benzene rings is 2. The van der Waals surface area contributed by atoms with E-state index in [1.54, 1.807) is 36.0 Å². The molecule has 0 aliphatic rings. The molecule has 3 rings (SSSR count). The first-order chi connectivity index (χ1) is 13.1. The number of nitrogens with zero attached hydrogens (tertiary/aromatic N) is 1. The maximum absolute atomic E-state index is 12.1.